The molecule has 1 heterocycles. The lowest BCUT2D eigenvalue weighted by atomic mass is 10.1. The number of carbonyl (C=O) groups is 2. The van der Waals surface area contributed by atoms with Crippen LogP contribution in [0.15, 0.2) is 0 Å². The van der Waals surface area contributed by atoms with Gasteiger partial charge in [0.2, 0.25) is 11.8 Å². The van der Waals surface area contributed by atoms with E-state index in [-0.39, 0.29) is 17.9 Å². The van der Waals surface area contributed by atoms with Gasteiger partial charge >= 0.3 is 0 Å². The summed E-state index contributed by atoms with van der Waals surface area (Å²) in [5.74, 6) is 0.344. The van der Waals surface area contributed by atoms with Crippen LogP contribution < -0.4 is 5.32 Å². The summed E-state index contributed by atoms with van der Waals surface area (Å²) in [7, 11) is 0. The molecule has 2 fully saturated rings. The fourth-order valence-corrected chi connectivity index (χ4v) is 3.33. The number of nitrogens with zero attached hydrogens (tertiary/aromatic N) is 1. The van der Waals surface area contributed by atoms with Crippen LogP contribution in [0.5, 0.6) is 0 Å². The summed E-state index contributed by atoms with van der Waals surface area (Å²) < 4.78 is 5.52. The zero-order valence-corrected chi connectivity index (χ0v) is 14.0. The molecule has 1 aliphatic carbocycles. The summed E-state index contributed by atoms with van der Waals surface area (Å²) >= 11 is 0. The highest BCUT2D eigenvalue weighted by atomic mass is 16.5. The second-order valence-electron chi connectivity index (χ2n) is 6.61. The maximum absolute atomic E-state index is 12.4. The number of nitrogens with one attached hydrogen (secondary N) is 1. The standard InChI is InChI=1S/C17H30N2O3/c1-3-4-11-22-13(2)16(20)18-15-8-7-14(12-15)17(21)19-9-5-6-10-19/h13-15H,3-12H2,1-2H3,(H,18,20)/t13-,14+,15-/m0/s1. The van der Waals surface area contributed by atoms with Gasteiger partial charge in [-0.25, -0.2) is 0 Å². The predicted molar refractivity (Wildman–Crippen MR) is 85.4 cm³/mol. The van der Waals surface area contributed by atoms with Gasteiger partial charge in [0.05, 0.1) is 0 Å². The molecule has 126 valence electrons. The van der Waals surface area contributed by atoms with Gasteiger partial charge in [0.1, 0.15) is 6.10 Å². The van der Waals surface area contributed by atoms with E-state index in [0.29, 0.717) is 12.5 Å². The van der Waals surface area contributed by atoms with Gasteiger partial charge in [-0.1, -0.05) is 13.3 Å². The molecule has 0 spiro atoms. The minimum atomic E-state index is -0.403. The molecule has 5 heteroatoms. The SMILES string of the molecule is CCCCO[C@@H](C)C(=O)N[C@H]1CC[C@@H](C(=O)N2CCCC2)C1. The highest BCUT2D eigenvalue weighted by Crippen LogP contribution is 2.28. The molecule has 2 aliphatic rings. The van der Waals surface area contributed by atoms with Crippen LogP contribution in [-0.2, 0) is 14.3 Å². The van der Waals surface area contributed by atoms with E-state index in [9.17, 15) is 9.59 Å². The van der Waals surface area contributed by atoms with Crippen molar-refractivity contribution in [1.82, 2.24) is 10.2 Å². The molecule has 1 saturated heterocycles. The van der Waals surface area contributed by atoms with E-state index < -0.39 is 6.10 Å². The molecule has 2 rings (SSSR count). The van der Waals surface area contributed by atoms with Crippen LogP contribution in [-0.4, -0.2) is 48.6 Å². The second kappa shape index (κ2) is 8.51. The number of unbranched alkanes of at least 4 members (excludes halogenated alkanes) is 1. The molecular weight excluding hydrogens is 280 g/mol. The van der Waals surface area contributed by atoms with Crippen LogP contribution >= 0.6 is 0 Å². The number of likely N-dealkylation sites (tertiary alicyclic amines) is 1. The topological polar surface area (TPSA) is 58.6 Å². The molecule has 0 aromatic heterocycles. The highest BCUT2D eigenvalue weighted by molar-refractivity contribution is 5.82. The molecule has 0 radical (unpaired) electrons. The lowest BCUT2D eigenvalue weighted by Crippen LogP contribution is -2.41. The predicted octanol–water partition coefficient (Wildman–Crippen LogP) is 2.10. The first-order valence-corrected chi connectivity index (χ1v) is 8.82. The number of rotatable bonds is 7. The van der Waals surface area contributed by atoms with E-state index in [2.05, 4.69) is 12.2 Å². The highest BCUT2D eigenvalue weighted by Gasteiger charge is 2.34. The van der Waals surface area contributed by atoms with Crippen LogP contribution in [0.2, 0.25) is 0 Å². The normalized spacial score (nSPS) is 26.2. The summed E-state index contributed by atoms with van der Waals surface area (Å²) in [6.45, 7) is 6.35. The smallest absolute Gasteiger partial charge is 0.249 e. The van der Waals surface area contributed by atoms with Gasteiger partial charge < -0.3 is 15.0 Å². The minimum Gasteiger partial charge on any atom is -0.369 e. The molecule has 3 atom stereocenters. The van der Waals surface area contributed by atoms with Gasteiger partial charge in [-0.15, -0.1) is 0 Å². The van der Waals surface area contributed by atoms with Crippen LogP contribution in [0.4, 0.5) is 0 Å². The first-order chi connectivity index (χ1) is 10.6. The molecule has 5 nitrogen and oxygen atoms in total. The summed E-state index contributed by atoms with van der Waals surface area (Å²) in [5.41, 5.74) is 0. The Balaban J connectivity index is 1.71. The number of carbonyl (C=O) groups excluding carboxylic acids is 2. The first kappa shape index (κ1) is 17.3. The quantitative estimate of drug-likeness (QED) is 0.733. The Bertz CT molecular complexity index is 380. The van der Waals surface area contributed by atoms with Crippen molar-refractivity contribution in [3.05, 3.63) is 0 Å². The average molecular weight is 310 g/mol. The van der Waals surface area contributed by atoms with Crippen LogP contribution in [0, 0.1) is 5.92 Å². The average Bonchev–Trinajstić information content (AvgIpc) is 3.18. The third kappa shape index (κ3) is 4.70. The van der Waals surface area contributed by atoms with Gasteiger partial charge in [-0.05, 0) is 45.4 Å². The zero-order valence-electron chi connectivity index (χ0n) is 14.0. The van der Waals surface area contributed by atoms with Crippen molar-refractivity contribution in [3.8, 4) is 0 Å². The van der Waals surface area contributed by atoms with Crippen molar-refractivity contribution >= 4 is 11.8 Å². The van der Waals surface area contributed by atoms with Crippen LogP contribution in [0.3, 0.4) is 0 Å². The van der Waals surface area contributed by atoms with Gasteiger partial charge in [-0.2, -0.15) is 0 Å². The Hall–Kier alpha value is -1.10. The van der Waals surface area contributed by atoms with Gasteiger partial charge in [0.15, 0.2) is 0 Å². The Morgan fingerprint density at radius 2 is 2.00 bits per heavy atom. The molecule has 22 heavy (non-hydrogen) atoms. The lowest BCUT2D eigenvalue weighted by Gasteiger charge is -2.20. The van der Waals surface area contributed by atoms with E-state index in [4.69, 9.17) is 4.74 Å². The fourth-order valence-electron chi connectivity index (χ4n) is 3.33. The monoisotopic (exact) mass is 310 g/mol. The zero-order chi connectivity index (χ0) is 15.9. The van der Waals surface area contributed by atoms with Gasteiger partial charge in [-0.3, -0.25) is 9.59 Å². The molecule has 0 bridgehead atoms. The van der Waals surface area contributed by atoms with E-state index in [0.717, 1.165) is 58.0 Å². The Kier molecular flexibility index (Phi) is 6.68. The Morgan fingerprint density at radius 3 is 2.68 bits per heavy atom. The van der Waals surface area contributed by atoms with Gasteiger partial charge in [0, 0.05) is 31.7 Å². The minimum absolute atomic E-state index is 0.0459. The third-order valence-corrected chi connectivity index (χ3v) is 4.78. The van der Waals surface area contributed by atoms with Gasteiger partial charge in [0.25, 0.3) is 0 Å². The van der Waals surface area contributed by atoms with E-state index in [1.54, 1.807) is 6.92 Å². The largest absolute Gasteiger partial charge is 0.369 e. The maximum Gasteiger partial charge on any atom is 0.249 e. The Morgan fingerprint density at radius 1 is 1.27 bits per heavy atom. The van der Waals surface area contributed by atoms with Crippen molar-refractivity contribution in [3.63, 3.8) is 0 Å². The molecule has 2 amide bonds. The molecule has 0 aromatic rings. The summed E-state index contributed by atoms with van der Waals surface area (Å²) in [5, 5.41) is 3.05. The van der Waals surface area contributed by atoms with Crippen molar-refractivity contribution in [1.29, 1.82) is 0 Å². The number of amides is 2. The summed E-state index contributed by atoms with van der Waals surface area (Å²) in [6, 6.07) is 0.126. The van der Waals surface area contributed by atoms with Crippen molar-refractivity contribution in [2.24, 2.45) is 5.92 Å². The molecule has 0 aromatic carbocycles. The molecule has 1 saturated carbocycles. The maximum atomic E-state index is 12.4. The summed E-state index contributed by atoms with van der Waals surface area (Å²) in [6.07, 6.45) is 6.48. The lowest BCUT2D eigenvalue weighted by molar-refractivity contribution is -0.135. The fraction of sp³-hybridized carbons (Fsp3) is 0.882. The van der Waals surface area contributed by atoms with E-state index in [1.807, 2.05) is 4.90 Å². The van der Waals surface area contributed by atoms with Crippen LogP contribution in [0.1, 0.15) is 58.8 Å². The molecule has 0 unspecified atom stereocenters. The molecular formula is C17H30N2O3. The molecule has 1 aliphatic heterocycles. The van der Waals surface area contributed by atoms with Crippen molar-refractivity contribution in [2.75, 3.05) is 19.7 Å². The van der Waals surface area contributed by atoms with E-state index >= 15 is 0 Å². The Labute approximate surface area is 133 Å². The number of ether oxygens (including phenoxy) is 1. The summed E-state index contributed by atoms with van der Waals surface area (Å²) in [4.78, 5) is 26.5. The second-order valence-corrected chi connectivity index (χ2v) is 6.61. The van der Waals surface area contributed by atoms with Crippen molar-refractivity contribution in [2.45, 2.75) is 70.9 Å². The van der Waals surface area contributed by atoms with Crippen molar-refractivity contribution < 1.29 is 14.3 Å². The van der Waals surface area contributed by atoms with E-state index in [1.165, 1.54) is 0 Å². The van der Waals surface area contributed by atoms with Crippen LogP contribution in [0.25, 0.3) is 0 Å². The first-order valence-electron chi connectivity index (χ1n) is 8.82. The number of hydrogen-bond donors (Lipinski definition) is 1. The molecule has 1 N–H and O–H groups in total. The third-order valence-electron chi connectivity index (χ3n) is 4.78. The number of hydrogen-bond acceptors (Lipinski definition) is 3.